The number of rotatable bonds is 4. The molecule has 0 atom stereocenters. The van der Waals surface area contributed by atoms with E-state index in [1.807, 2.05) is 23.7 Å². The topological polar surface area (TPSA) is 37.8 Å². The van der Waals surface area contributed by atoms with Gasteiger partial charge in [0.2, 0.25) is 5.95 Å². The average molecular weight is 345 g/mol. The number of nitrogens with zero attached hydrogens (tertiary/aromatic N) is 2. The first-order valence-corrected chi connectivity index (χ1v) is 6.96. The predicted molar refractivity (Wildman–Crippen MR) is 75.8 cm³/mol. The van der Waals surface area contributed by atoms with Gasteiger partial charge in [0, 0.05) is 25.7 Å². The Morgan fingerprint density at radius 3 is 2.56 bits per heavy atom. The number of anilines is 1. The Hall–Kier alpha value is -0.690. The van der Waals surface area contributed by atoms with Crippen LogP contribution in [0.1, 0.15) is 16.7 Å². The molecule has 0 saturated heterocycles. The Labute approximate surface area is 112 Å². The van der Waals surface area contributed by atoms with Crippen LogP contribution in [0.15, 0.2) is 24.5 Å². The molecule has 2 rings (SSSR count). The third-order valence-electron chi connectivity index (χ3n) is 2.11. The van der Waals surface area contributed by atoms with Gasteiger partial charge in [0.15, 0.2) is 0 Å². The van der Waals surface area contributed by atoms with E-state index in [9.17, 15) is 0 Å². The van der Waals surface area contributed by atoms with Gasteiger partial charge in [-0.25, -0.2) is 9.97 Å². The van der Waals surface area contributed by atoms with Crippen molar-refractivity contribution in [1.29, 1.82) is 0 Å². The highest BCUT2D eigenvalue weighted by Crippen LogP contribution is 2.17. The van der Waals surface area contributed by atoms with E-state index in [4.69, 9.17) is 0 Å². The third kappa shape index (κ3) is 3.15. The van der Waals surface area contributed by atoms with Gasteiger partial charge in [-0.05, 0) is 41.1 Å². The molecule has 0 aliphatic carbocycles. The van der Waals surface area contributed by atoms with Crippen molar-refractivity contribution in [3.05, 3.63) is 37.9 Å². The SMILES string of the molecule is CCc1ccc(CNc2ncc(I)cn2)s1. The average Bonchev–Trinajstić information content (AvgIpc) is 2.76. The fourth-order valence-corrected chi connectivity index (χ4v) is 2.45. The fraction of sp³-hybridized carbons (Fsp3) is 0.273. The molecule has 2 aromatic heterocycles. The second-order valence-corrected chi connectivity index (χ2v) is 5.80. The van der Waals surface area contributed by atoms with E-state index in [1.165, 1.54) is 9.75 Å². The van der Waals surface area contributed by atoms with Gasteiger partial charge in [-0.1, -0.05) is 6.92 Å². The van der Waals surface area contributed by atoms with Gasteiger partial charge >= 0.3 is 0 Å². The van der Waals surface area contributed by atoms with Gasteiger partial charge < -0.3 is 5.32 Å². The van der Waals surface area contributed by atoms with Crippen LogP contribution in [0.2, 0.25) is 0 Å². The van der Waals surface area contributed by atoms with Crippen LogP contribution in [0.25, 0.3) is 0 Å². The third-order valence-corrected chi connectivity index (χ3v) is 3.89. The molecule has 0 aliphatic rings. The summed E-state index contributed by atoms with van der Waals surface area (Å²) in [7, 11) is 0. The second-order valence-electron chi connectivity index (χ2n) is 3.30. The molecule has 0 bridgehead atoms. The minimum Gasteiger partial charge on any atom is -0.349 e. The van der Waals surface area contributed by atoms with Crippen LogP contribution in [0.3, 0.4) is 0 Å². The van der Waals surface area contributed by atoms with Gasteiger partial charge in [0.1, 0.15) is 0 Å². The van der Waals surface area contributed by atoms with E-state index in [2.05, 4.69) is 56.9 Å². The molecule has 0 unspecified atom stereocenters. The van der Waals surface area contributed by atoms with Crippen molar-refractivity contribution >= 4 is 39.9 Å². The van der Waals surface area contributed by atoms with Crippen LogP contribution >= 0.6 is 33.9 Å². The van der Waals surface area contributed by atoms with Crippen LogP contribution in [0, 0.1) is 3.57 Å². The Kier molecular flexibility index (Phi) is 4.11. The summed E-state index contributed by atoms with van der Waals surface area (Å²) < 4.78 is 1.05. The zero-order valence-electron chi connectivity index (χ0n) is 8.90. The lowest BCUT2D eigenvalue weighted by molar-refractivity contribution is 1.06. The van der Waals surface area contributed by atoms with Crippen LogP contribution < -0.4 is 5.32 Å². The lowest BCUT2D eigenvalue weighted by Gasteiger charge is -2.01. The van der Waals surface area contributed by atoms with E-state index >= 15 is 0 Å². The number of aryl methyl sites for hydroxylation is 1. The fourth-order valence-electron chi connectivity index (χ4n) is 1.28. The van der Waals surface area contributed by atoms with Crippen molar-refractivity contribution in [3.8, 4) is 0 Å². The molecule has 5 heteroatoms. The second kappa shape index (κ2) is 5.58. The summed E-state index contributed by atoms with van der Waals surface area (Å²) in [6.07, 6.45) is 4.72. The summed E-state index contributed by atoms with van der Waals surface area (Å²) in [5, 5.41) is 3.21. The molecule has 0 fully saturated rings. The number of hydrogen-bond donors (Lipinski definition) is 1. The molecule has 16 heavy (non-hydrogen) atoms. The highest BCUT2D eigenvalue weighted by atomic mass is 127. The Morgan fingerprint density at radius 2 is 1.94 bits per heavy atom. The van der Waals surface area contributed by atoms with Gasteiger partial charge in [0.25, 0.3) is 0 Å². The maximum absolute atomic E-state index is 4.20. The summed E-state index contributed by atoms with van der Waals surface area (Å²) >= 11 is 4.03. The standard InChI is InChI=1S/C11H12IN3S/c1-2-9-3-4-10(16-9)7-15-11-13-5-8(12)6-14-11/h3-6H,2,7H2,1H3,(H,13,14,15). The number of hydrogen-bond acceptors (Lipinski definition) is 4. The van der Waals surface area contributed by atoms with Gasteiger partial charge in [0.05, 0.1) is 6.54 Å². The number of nitrogens with one attached hydrogen (secondary N) is 1. The first-order chi connectivity index (χ1) is 7.78. The first-order valence-electron chi connectivity index (χ1n) is 5.07. The van der Waals surface area contributed by atoms with E-state index in [0.29, 0.717) is 5.95 Å². The molecule has 0 saturated carbocycles. The zero-order valence-corrected chi connectivity index (χ0v) is 11.9. The molecule has 0 aliphatic heterocycles. The van der Waals surface area contributed by atoms with Crippen molar-refractivity contribution < 1.29 is 0 Å². The van der Waals surface area contributed by atoms with Crippen molar-refractivity contribution in [3.63, 3.8) is 0 Å². The summed E-state index contributed by atoms with van der Waals surface area (Å²) in [5.74, 6) is 0.687. The molecule has 84 valence electrons. The van der Waals surface area contributed by atoms with Crippen LogP contribution in [-0.2, 0) is 13.0 Å². The minimum absolute atomic E-state index is 0.687. The minimum atomic E-state index is 0.687. The summed E-state index contributed by atoms with van der Waals surface area (Å²) in [6.45, 7) is 2.97. The molecule has 2 aromatic rings. The molecule has 3 nitrogen and oxygen atoms in total. The van der Waals surface area contributed by atoms with Crippen molar-refractivity contribution in [2.75, 3.05) is 5.32 Å². The Balaban J connectivity index is 1.94. The summed E-state index contributed by atoms with van der Waals surface area (Å²) in [4.78, 5) is 11.1. The van der Waals surface area contributed by atoms with Crippen LogP contribution in [0.4, 0.5) is 5.95 Å². The Bertz CT molecular complexity index is 453. The lowest BCUT2D eigenvalue weighted by Crippen LogP contribution is -2.01. The van der Waals surface area contributed by atoms with Crippen molar-refractivity contribution in [2.24, 2.45) is 0 Å². The highest BCUT2D eigenvalue weighted by Gasteiger charge is 2.00. The summed E-state index contributed by atoms with van der Waals surface area (Å²) in [6, 6.07) is 4.33. The van der Waals surface area contributed by atoms with E-state index in [1.54, 1.807) is 0 Å². The van der Waals surface area contributed by atoms with E-state index in [0.717, 1.165) is 16.5 Å². The molecule has 0 amide bonds. The normalized spacial score (nSPS) is 10.4. The lowest BCUT2D eigenvalue weighted by atomic mass is 10.4. The number of halogens is 1. The maximum atomic E-state index is 4.20. The van der Waals surface area contributed by atoms with Crippen LogP contribution in [-0.4, -0.2) is 9.97 Å². The molecule has 0 aromatic carbocycles. The monoisotopic (exact) mass is 345 g/mol. The highest BCUT2D eigenvalue weighted by molar-refractivity contribution is 14.1. The zero-order chi connectivity index (χ0) is 11.4. The molecule has 1 N–H and O–H groups in total. The van der Waals surface area contributed by atoms with E-state index < -0.39 is 0 Å². The molecular weight excluding hydrogens is 333 g/mol. The number of aromatic nitrogens is 2. The first kappa shape index (κ1) is 11.8. The van der Waals surface area contributed by atoms with Crippen molar-refractivity contribution in [1.82, 2.24) is 9.97 Å². The smallest absolute Gasteiger partial charge is 0.222 e. The molecule has 0 spiro atoms. The predicted octanol–water partition coefficient (Wildman–Crippen LogP) is 3.32. The molecule has 2 heterocycles. The van der Waals surface area contributed by atoms with Crippen LogP contribution in [0.5, 0.6) is 0 Å². The van der Waals surface area contributed by atoms with Gasteiger partial charge in [-0.15, -0.1) is 11.3 Å². The summed E-state index contributed by atoms with van der Waals surface area (Å²) in [5.41, 5.74) is 0. The number of thiophene rings is 1. The maximum Gasteiger partial charge on any atom is 0.222 e. The largest absolute Gasteiger partial charge is 0.349 e. The van der Waals surface area contributed by atoms with Crippen molar-refractivity contribution in [2.45, 2.75) is 19.9 Å². The Morgan fingerprint density at radius 1 is 1.25 bits per heavy atom. The van der Waals surface area contributed by atoms with E-state index in [-0.39, 0.29) is 0 Å². The molecule has 0 radical (unpaired) electrons. The molecular formula is C11H12IN3S. The van der Waals surface area contributed by atoms with Gasteiger partial charge in [-0.3, -0.25) is 0 Å². The van der Waals surface area contributed by atoms with Gasteiger partial charge in [-0.2, -0.15) is 0 Å². The quantitative estimate of drug-likeness (QED) is 0.864.